The van der Waals surface area contributed by atoms with Crippen molar-refractivity contribution in [3.05, 3.63) is 33.3 Å². The smallest absolute Gasteiger partial charge is 0.312 e. The first-order valence-corrected chi connectivity index (χ1v) is 9.85. The molecule has 0 amide bonds. The lowest BCUT2D eigenvalue weighted by Crippen LogP contribution is -2.44. The first kappa shape index (κ1) is 21.1. The minimum Gasteiger partial charge on any atom is -0.469 e. The van der Waals surface area contributed by atoms with Crippen molar-refractivity contribution in [2.75, 3.05) is 14.2 Å². The summed E-state index contributed by atoms with van der Waals surface area (Å²) in [7, 11) is 3.11. The number of halogens is 1. The molecule has 26 heavy (non-hydrogen) atoms. The van der Waals surface area contributed by atoms with Crippen LogP contribution in [0.5, 0.6) is 0 Å². The van der Waals surface area contributed by atoms with E-state index < -0.39 is 5.41 Å². The molecule has 144 valence electrons. The predicted molar refractivity (Wildman–Crippen MR) is 105 cm³/mol. The summed E-state index contributed by atoms with van der Waals surface area (Å²) in [4.78, 5) is 25.4. The number of hydrogen-bond acceptors (Lipinski definition) is 4. The van der Waals surface area contributed by atoms with Crippen LogP contribution >= 0.6 is 15.9 Å². The zero-order valence-corrected chi connectivity index (χ0v) is 18.0. The zero-order valence-electron chi connectivity index (χ0n) is 16.4. The lowest BCUT2D eigenvalue weighted by atomic mass is 9.66. The standard InChI is InChI=1S/C21H29BrO4/c1-14-10-16(22)11-15(2)18(14)12-17(23)13-21(19(24)25-4)8-6-20(3,26-5)7-9-21/h10-11H,6-9,12-13H2,1-5H3. The highest BCUT2D eigenvalue weighted by Gasteiger charge is 2.47. The second-order valence-electron chi connectivity index (χ2n) is 7.84. The third kappa shape index (κ3) is 4.55. The molecular formula is C21H29BrO4. The molecule has 0 radical (unpaired) electrons. The second kappa shape index (κ2) is 8.22. The summed E-state index contributed by atoms with van der Waals surface area (Å²) < 4.78 is 11.7. The number of ether oxygens (including phenoxy) is 2. The van der Waals surface area contributed by atoms with E-state index in [1.807, 2.05) is 26.0 Å². The van der Waals surface area contributed by atoms with Crippen molar-refractivity contribution in [1.29, 1.82) is 0 Å². The van der Waals surface area contributed by atoms with Crippen LogP contribution in [-0.2, 0) is 25.5 Å². The van der Waals surface area contributed by atoms with Gasteiger partial charge in [0, 0.05) is 24.4 Å². The number of ketones is 1. The van der Waals surface area contributed by atoms with Gasteiger partial charge in [-0.3, -0.25) is 9.59 Å². The van der Waals surface area contributed by atoms with E-state index in [4.69, 9.17) is 9.47 Å². The van der Waals surface area contributed by atoms with Gasteiger partial charge < -0.3 is 9.47 Å². The molecule has 1 aliphatic rings. The number of aryl methyl sites for hydroxylation is 2. The largest absolute Gasteiger partial charge is 0.469 e. The number of carbonyl (C=O) groups is 2. The highest BCUT2D eigenvalue weighted by Crippen LogP contribution is 2.45. The summed E-state index contributed by atoms with van der Waals surface area (Å²) in [5, 5.41) is 0. The average molecular weight is 425 g/mol. The summed E-state index contributed by atoms with van der Waals surface area (Å²) in [6, 6.07) is 4.05. The topological polar surface area (TPSA) is 52.6 Å². The number of carbonyl (C=O) groups excluding carboxylic acids is 2. The number of methoxy groups -OCH3 is 2. The van der Waals surface area contributed by atoms with E-state index in [0.717, 1.165) is 34.0 Å². The average Bonchev–Trinajstić information content (AvgIpc) is 2.59. The summed E-state index contributed by atoms with van der Waals surface area (Å²) in [6.45, 7) is 6.09. The molecular weight excluding hydrogens is 396 g/mol. The van der Waals surface area contributed by atoms with Gasteiger partial charge in [0.05, 0.1) is 18.1 Å². The van der Waals surface area contributed by atoms with Gasteiger partial charge in [0.1, 0.15) is 5.78 Å². The number of esters is 1. The molecule has 2 rings (SSSR count). The number of Topliss-reactive ketones (excluding diaryl/α,β-unsaturated/α-hetero) is 1. The molecule has 1 aromatic carbocycles. The van der Waals surface area contributed by atoms with Crippen molar-refractivity contribution in [2.45, 2.75) is 64.9 Å². The molecule has 0 heterocycles. The summed E-state index contributed by atoms with van der Waals surface area (Å²) in [6.07, 6.45) is 3.33. The minimum absolute atomic E-state index is 0.0879. The van der Waals surface area contributed by atoms with E-state index >= 15 is 0 Å². The highest BCUT2D eigenvalue weighted by molar-refractivity contribution is 9.10. The van der Waals surface area contributed by atoms with Crippen molar-refractivity contribution in [3.63, 3.8) is 0 Å². The van der Waals surface area contributed by atoms with E-state index in [1.54, 1.807) is 7.11 Å². The van der Waals surface area contributed by atoms with Gasteiger partial charge in [0.25, 0.3) is 0 Å². The van der Waals surface area contributed by atoms with Gasteiger partial charge in [-0.15, -0.1) is 0 Å². The molecule has 0 aromatic heterocycles. The Bertz CT molecular complexity index is 664. The van der Waals surface area contributed by atoms with E-state index in [2.05, 4.69) is 22.9 Å². The number of rotatable bonds is 6. The molecule has 1 fully saturated rings. The summed E-state index contributed by atoms with van der Waals surface area (Å²) in [5.41, 5.74) is 2.29. The number of benzene rings is 1. The van der Waals surface area contributed by atoms with E-state index in [1.165, 1.54) is 7.11 Å². The summed E-state index contributed by atoms with van der Waals surface area (Å²) in [5.74, 6) is -0.182. The van der Waals surface area contributed by atoms with Gasteiger partial charge in [0.2, 0.25) is 0 Å². The third-order valence-corrected chi connectivity index (χ3v) is 6.40. The lowest BCUT2D eigenvalue weighted by Gasteiger charge is -2.42. The van der Waals surface area contributed by atoms with Crippen LogP contribution in [0, 0.1) is 19.3 Å². The number of hydrogen-bond donors (Lipinski definition) is 0. The van der Waals surface area contributed by atoms with Crippen molar-refractivity contribution < 1.29 is 19.1 Å². The first-order chi connectivity index (χ1) is 12.1. The SMILES string of the molecule is COC(=O)C1(CC(=O)Cc2c(C)cc(Br)cc2C)CCC(C)(OC)CC1. The van der Waals surface area contributed by atoms with Gasteiger partial charge in [-0.1, -0.05) is 15.9 Å². The Morgan fingerprint density at radius 2 is 1.62 bits per heavy atom. The molecule has 1 aromatic rings. The minimum atomic E-state index is -0.721. The van der Waals surface area contributed by atoms with Crippen LogP contribution in [0.2, 0.25) is 0 Å². The Balaban J connectivity index is 2.17. The van der Waals surface area contributed by atoms with Crippen LogP contribution in [-0.4, -0.2) is 31.6 Å². The monoisotopic (exact) mass is 424 g/mol. The molecule has 0 bridgehead atoms. The van der Waals surface area contributed by atoms with Crippen LogP contribution in [0.15, 0.2) is 16.6 Å². The lowest BCUT2D eigenvalue weighted by molar-refractivity contribution is -0.161. The molecule has 0 atom stereocenters. The second-order valence-corrected chi connectivity index (χ2v) is 8.75. The van der Waals surface area contributed by atoms with Crippen molar-refractivity contribution in [3.8, 4) is 0 Å². The Hall–Kier alpha value is -1.20. The Kier molecular flexibility index (Phi) is 6.67. The maximum Gasteiger partial charge on any atom is 0.312 e. The van der Waals surface area contributed by atoms with Crippen LogP contribution < -0.4 is 0 Å². The molecule has 0 N–H and O–H groups in total. The molecule has 0 spiro atoms. The molecule has 0 aliphatic heterocycles. The van der Waals surface area contributed by atoms with Gasteiger partial charge in [0.15, 0.2) is 0 Å². The summed E-state index contributed by atoms with van der Waals surface area (Å²) >= 11 is 3.49. The zero-order chi connectivity index (χ0) is 19.5. The van der Waals surface area contributed by atoms with Gasteiger partial charge in [-0.2, -0.15) is 0 Å². The van der Waals surface area contributed by atoms with Gasteiger partial charge in [-0.05, 0) is 75.3 Å². The van der Waals surface area contributed by atoms with Crippen molar-refractivity contribution >= 4 is 27.7 Å². The molecule has 5 heteroatoms. The first-order valence-electron chi connectivity index (χ1n) is 9.06. The Morgan fingerprint density at radius 3 is 2.08 bits per heavy atom. The van der Waals surface area contributed by atoms with Gasteiger partial charge in [-0.25, -0.2) is 0 Å². The molecule has 0 unspecified atom stereocenters. The maximum absolute atomic E-state index is 12.9. The molecule has 1 aliphatic carbocycles. The fourth-order valence-corrected chi connectivity index (χ4v) is 4.67. The van der Waals surface area contributed by atoms with E-state index in [0.29, 0.717) is 19.3 Å². The Labute approximate surface area is 164 Å². The van der Waals surface area contributed by atoms with Crippen LogP contribution in [0.1, 0.15) is 55.7 Å². The quantitative estimate of drug-likeness (QED) is 0.620. The third-order valence-electron chi connectivity index (χ3n) is 5.95. The van der Waals surface area contributed by atoms with E-state index in [-0.39, 0.29) is 23.8 Å². The molecule has 1 saturated carbocycles. The van der Waals surface area contributed by atoms with Crippen molar-refractivity contribution in [1.82, 2.24) is 0 Å². The van der Waals surface area contributed by atoms with E-state index in [9.17, 15) is 9.59 Å². The predicted octanol–water partition coefficient (Wildman–Crippen LogP) is 4.71. The van der Waals surface area contributed by atoms with Crippen LogP contribution in [0.25, 0.3) is 0 Å². The van der Waals surface area contributed by atoms with Crippen molar-refractivity contribution in [2.24, 2.45) is 5.41 Å². The van der Waals surface area contributed by atoms with Crippen LogP contribution in [0.4, 0.5) is 0 Å². The Morgan fingerprint density at radius 1 is 1.08 bits per heavy atom. The fraction of sp³-hybridized carbons (Fsp3) is 0.619. The molecule has 4 nitrogen and oxygen atoms in total. The normalized spacial score (nSPS) is 25.8. The fourth-order valence-electron chi connectivity index (χ4n) is 3.99. The van der Waals surface area contributed by atoms with Gasteiger partial charge >= 0.3 is 5.97 Å². The molecule has 0 saturated heterocycles. The maximum atomic E-state index is 12.9. The highest BCUT2D eigenvalue weighted by atomic mass is 79.9. The van der Waals surface area contributed by atoms with Crippen LogP contribution in [0.3, 0.4) is 0 Å².